The summed E-state index contributed by atoms with van der Waals surface area (Å²) in [4.78, 5) is 15.4. The van der Waals surface area contributed by atoms with Crippen LogP contribution in [0.5, 0.6) is 0 Å². The molecule has 7 nitrogen and oxygen atoms in total. The van der Waals surface area contributed by atoms with Crippen molar-refractivity contribution < 1.29 is 9.13 Å². The Labute approximate surface area is 181 Å². The van der Waals surface area contributed by atoms with Gasteiger partial charge in [0.05, 0.1) is 31.1 Å². The van der Waals surface area contributed by atoms with Crippen LogP contribution in [0.2, 0.25) is 0 Å². The molecule has 1 fully saturated rings. The number of benzene rings is 1. The van der Waals surface area contributed by atoms with Crippen LogP contribution in [0.3, 0.4) is 0 Å². The average molecular weight is 428 g/mol. The molecule has 0 radical (unpaired) electrons. The van der Waals surface area contributed by atoms with Crippen molar-refractivity contribution >= 4 is 5.69 Å². The van der Waals surface area contributed by atoms with E-state index in [1.807, 2.05) is 30.8 Å². The lowest BCUT2D eigenvalue weighted by molar-refractivity contribution is 0.0532. The van der Waals surface area contributed by atoms with Crippen LogP contribution in [0.1, 0.15) is 43.6 Å². The van der Waals surface area contributed by atoms with Crippen molar-refractivity contribution in [2.75, 3.05) is 24.6 Å². The number of nitrogens with zero attached hydrogens (tertiary/aromatic N) is 5. The maximum absolute atomic E-state index is 15.1. The third-order valence-corrected chi connectivity index (χ3v) is 5.79. The molecule has 0 unspecified atom stereocenters. The highest BCUT2D eigenvalue weighted by Gasteiger charge is 2.21. The molecule has 0 N–H and O–H groups in total. The fourth-order valence-electron chi connectivity index (χ4n) is 4.02. The lowest BCUT2D eigenvalue weighted by Gasteiger charge is -2.33. The molecule has 0 bridgehead atoms. The second kappa shape index (κ2) is 8.34. The van der Waals surface area contributed by atoms with Gasteiger partial charge in [-0.15, -0.1) is 0 Å². The standard InChI is InChI=1S/C23H30FN5O2/c1-15(2)29-14-19(10-25-29)13-27-17(4)11-28(23(27)30)21-9-20(8-16(3)22(21)24)26-6-7-31-18(5)12-26/h8-11,14-15,18H,6-7,12-13H2,1-5H3/t18-/m1/s1. The zero-order valence-electron chi connectivity index (χ0n) is 18.8. The van der Waals surface area contributed by atoms with Crippen LogP contribution in [-0.2, 0) is 11.3 Å². The minimum atomic E-state index is -0.378. The molecular formula is C23H30FN5O2. The summed E-state index contributed by atoms with van der Waals surface area (Å²) in [6, 6.07) is 3.85. The molecule has 2 aromatic heterocycles. The van der Waals surface area contributed by atoms with Crippen LogP contribution in [0.4, 0.5) is 10.1 Å². The van der Waals surface area contributed by atoms with Crippen LogP contribution in [-0.4, -0.2) is 44.7 Å². The van der Waals surface area contributed by atoms with Gasteiger partial charge in [0, 0.05) is 48.5 Å². The fourth-order valence-corrected chi connectivity index (χ4v) is 4.02. The fraction of sp³-hybridized carbons (Fsp3) is 0.478. The largest absolute Gasteiger partial charge is 0.375 e. The summed E-state index contributed by atoms with van der Waals surface area (Å²) in [5.41, 5.74) is 3.13. The maximum atomic E-state index is 15.1. The predicted molar refractivity (Wildman–Crippen MR) is 119 cm³/mol. The molecule has 0 aliphatic carbocycles. The summed E-state index contributed by atoms with van der Waals surface area (Å²) in [6.45, 7) is 12.2. The van der Waals surface area contributed by atoms with Crippen LogP contribution in [0.15, 0.2) is 35.5 Å². The van der Waals surface area contributed by atoms with Crippen molar-refractivity contribution in [2.24, 2.45) is 0 Å². The Morgan fingerprint density at radius 3 is 2.71 bits per heavy atom. The van der Waals surface area contributed by atoms with E-state index >= 15 is 4.39 Å². The lowest BCUT2D eigenvalue weighted by atomic mass is 10.1. The van der Waals surface area contributed by atoms with E-state index in [-0.39, 0.29) is 29.3 Å². The number of morpholine rings is 1. The monoisotopic (exact) mass is 427 g/mol. The van der Waals surface area contributed by atoms with Gasteiger partial charge in [-0.3, -0.25) is 13.8 Å². The lowest BCUT2D eigenvalue weighted by Crippen LogP contribution is -2.41. The molecule has 8 heteroatoms. The Balaban J connectivity index is 1.71. The second-order valence-corrected chi connectivity index (χ2v) is 8.65. The summed E-state index contributed by atoms with van der Waals surface area (Å²) in [5.74, 6) is -0.378. The van der Waals surface area contributed by atoms with E-state index in [4.69, 9.17) is 4.74 Å². The predicted octanol–water partition coefficient (Wildman–Crippen LogP) is 3.45. The van der Waals surface area contributed by atoms with E-state index in [2.05, 4.69) is 23.8 Å². The van der Waals surface area contributed by atoms with Crippen molar-refractivity contribution in [3.8, 4) is 5.69 Å². The van der Waals surface area contributed by atoms with Gasteiger partial charge in [0.15, 0.2) is 0 Å². The number of ether oxygens (including phenoxy) is 1. The number of imidazole rings is 1. The van der Waals surface area contributed by atoms with Gasteiger partial charge in [0.2, 0.25) is 0 Å². The van der Waals surface area contributed by atoms with Crippen molar-refractivity contribution in [3.63, 3.8) is 0 Å². The molecular weight excluding hydrogens is 397 g/mol. The van der Waals surface area contributed by atoms with Gasteiger partial charge in [-0.1, -0.05) is 0 Å². The molecule has 0 spiro atoms. The van der Waals surface area contributed by atoms with E-state index < -0.39 is 0 Å². The first-order valence-corrected chi connectivity index (χ1v) is 10.7. The normalized spacial score (nSPS) is 17.0. The van der Waals surface area contributed by atoms with Crippen molar-refractivity contribution in [1.29, 1.82) is 0 Å². The first-order valence-electron chi connectivity index (χ1n) is 10.7. The van der Waals surface area contributed by atoms with E-state index in [0.29, 0.717) is 18.7 Å². The highest BCUT2D eigenvalue weighted by Crippen LogP contribution is 2.26. The van der Waals surface area contributed by atoms with Crippen molar-refractivity contribution in [1.82, 2.24) is 18.9 Å². The van der Waals surface area contributed by atoms with Crippen molar-refractivity contribution in [2.45, 2.75) is 53.3 Å². The summed E-state index contributed by atoms with van der Waals surface area (Å²) in [6.07, 6.45) is 5.53. The van der Waals surface area contributed by atoms with Gasteiger partial charge in [-0.25, -0.2) is 9.18 Å². The molecule has 0 amide bonds. The number of aromatic nitrogens is 4. The molecule has 31 heavy (non-hydrogen) atoms. The molecule has 1 aromatic carbocycles. The summed E-state index contributed by atoms with van der Waals surface area (Å²) in [5, 5.41) is 4.35. The smallest absolute Gasteiger partial charge is 0.333 e. The minimum Gasteiger partial charge on any atom is -0.375 e. The summed E-state index contributed by atoms with van der Waals surface area (Å²) in [7, 11) is 0. The zero-order chi connectivity index (χ0) is 22.3. The zero-order valence-corrected chi connectivity index (χ0v) is 18.8. The molecule has 166 valence electrons. The Hall–Kier alpha value is -2.87. The quantitative estimate of drug-likeness (QED) is 0.626. The van der Waals surface area contributed by atoms with Crippen LogP contribution in [0.25, 0.3) is 5.69 Å². The Bertz CT molecular complexity index is 1140. The minimum absolute atomic E-state index is 0.111. The Kier molecular flexibility index (Phi) is 5.75. The van der Waals surface area contributed by atoms with Crippen LogP contribution in [0, 0.1) is 19.7 Å². The molecule has 1 aliphatic heterocycles. The Morgan fingerprint density at radius 2 is 2.03 bits per heavy atom. The first kappa shape index (κ1) is 21.4. The summed E-state index contributed by atoms with van der Waals surface area (Å²) >= 11 is 0. The third-order valence-electron chi connectivity index (χ3n) is 5.79. The number of hydrogen-bond acceptors (Lipinski definition) is 4. The molecule has 1 saturated heterocycles. The molecule has 1 atom stereocenters. The molecule has 0 saturated carbocycles. The number of rotatable bonds is 5. The summed E-state index contributed by atoms with van der Waals surface area (Å²) < 4.78 is 25.7. The topological polar surface area (TPSA) is 57.2 Å². The molecule has 3 heterocycles. The molecule has 4 rings (SSSR count). The van der Waals surface area contributed by atoms with Crippen molar-refractivity contribution in [3.05, 3.63) is 63.8 Å². The highest BCUT2D eigenvalue weighted by molar-refractivity contribution is 5.57. The maximum Gasteiger partial charge on any atom is 0.333 e. The highest BCUT2D eigenvalue weighted by atomic mass is 19.1. The van der Waals surface area contributed by atoms with Gasteiger partial charge in [-0.2, -0.15) is 5.10 Å². The van der Waals surface area contributed by atoms with Crippen LogP contribution < -0.4 is 10.6 Å². The SMILES string of the molecule is Cc1cc(N2CCO[C@H](C)C2)cc(-n2cc(C)n(Cc3cnn(C(C)C)c3)c2=O)c1F. The number of halogens is 1. The Morgan fingerprint density at radius 1 is 1.26 bits per heavy atom. The third kappa shape index (κ3) is 4.17. The van der Waals surface area contributed by atoms with E-state index in [9.17, 15) is 4.79 Å². The number of anilines is 1. The molecule has 1 aliphatic rings. The average Bonchev–Trinajstić information content (AvgIpc) is 3.30. The van der Waals surface area contributed by atoms with E-state index in [1.165, 1.54) is 4.57 Å². The van der Waals surface area contributed by atoms with Gasteiger partial charge in [0.1, 0.15) is 5.82 Å². The van der Waals surface area contributed by atoms with Gasteiger partial charge in [-0.05, 0) is 52.3 Å². The van der Waals surface area contributed by atoms with E-state index in [1.54, 1.807) is 30.0 Å². The van der Waals surface area contributed by atoms with Gasteiger partial charge in [0.25, 0.3) is 0 Å². The van der Waals surface area contributed by atoms with E-state index in [0.717, 1.165) is 30.0 Å². The van der Waals surface area contributed by atoms with Gasteiger partial charge >= 0.3 is 5.69 Å². The van der Waals surface area contributed by atoms with Crippen LogP contribution >= 0.6 is 0 Å². The van der Waals surface area contributed by atoms with Gasteiger partial charge < -0.3 is 9.64 Å². The second-order valence-electron chi connectivity index (χ2n) is 8.65. The number of aryl methyl sites for hydroxylation is 2. The molecule has 3 aromatic rings. The first-order chi connectivity index (χ1) is 14.7. The number of hydrogen-bond donors (Lipinski definition) is 0.